The molecule has 0 saturated heterocycles. The lowest BCUT2D eigenvalue weighted by molar-refractivity contribution is 0.0999. The number of hydrogen-bond donors (Lipinski definition) is 2. The number of nitrogens with one attached hydrogen (secondary N) is 1. The van der Waals surface area contributed by atoms with Crippen molar-refractivity contribution >= 4 is 34.8 Å². The lowest BCUT2D eigenvalue weighted by Crippen LogP contribution is -2.30. The van der Waals surface area contributed by atoms with E-state index in [1.807, 2.05) is 13.8 Å². The summed E-state index contributed by atoms with van der Waals surface area (Å²) >= 11 is 7.30. The highest BCUT2D eigenvalue weighted by Crippen LogP contribution is 2.28. The SMILES string of the molecule is CC(C)(Nc1ncc(-c2nnc(C(N)=O)s2)cn1)c1ncccc1Cl. The van der Waals surface area contributed by atoms with Crippen molar-refractivity contribution in [3.8, 4) is 10.6 Å². The molecular formula is C15H14ClN7OS. The summed E-state index contributed by atoms with van der Waals surface area (Å²) in [7, 11) is 0. The van der Waals surface area contributed by atoms with Gasteiger partial charge in [0.1, 0.15) is 0 Å². The van der Waals surface area contributed by atoms with Gasteiger partial charge in [0.25, 0.3) is 5.91 Å². The predicted molar refractivity (Wildman–Crippen MR) is 95.3 cm³/mol. The standard InChI is InChI=1S/C15H14ClN7OS/c1-15(2,10-9(16)4-3-5-18-10)21-14-19-6-8(7-20-14)12-22-23-13(25-12)11(17)24/h3-7H,1-2H3,(H2,17,24)(H,19,20,21). The number of anilines is 1. The minimum absolute atomic E-state index is 0.142. The number of hydrogen-bond acceptors (Lipinski definition) is 8. The van der Waals surface area contributed by atoms with Gasteiger partial charge in [0.05, 0.1) is 16.3 Å². The molecule has 0 fully saturated rings. The van der Waals surface area contributed by atoms with E-state index in [4.69, 9.17) is 17.3 Å². The molecule has 0 aliphatic rings. The lowest BCUT2D eigenvalue weighted by atomic mass is 10.00. The smallest absolute Gasteiger partial charge is 0.279 e. The van der Waals surface area contributed by atoms with E-state index in [0.717, 1.165) is 11.3 Å². The van der Waals surface area contributed by atoms with Gasteiger partial charge in [-0.1, -0.05) is 22.9 Å². The third-order valence-electron chi connectivity index (χ3n) is 3.31. The van der Waals surface area contributed by atoms with Crippen LogP contribution in [0.4, 0.5) is 5.95 Å². The average Bonchev–Trinajstić information content (AvgIpc) is 3.06. The summed E-state index contributed by atoms with van der Waals surface area (Å²) in [4.78, 5) is 24.0. The summed E-state index contributed by atoms with van der Waals surface area (Å²) < 4.78 is 0. The van der Waals surface area contributed by atoms with Gasteiger partial charge < -0.3 is 11.1 Å². The first kappa shape index (κ1) is 17.2. The number of carbonyl (C=O) groups is 1. The molecule has 0 saturated carbocycles. The van der Waals surface area contributed by atoms with Crippen molar-refractivity contribution in [2.24, 2.45) is 5.73 Å². The van der Waals surface area contributed by atoms with E-state index in [1.165, 1.54) is 0 Å². The molecule has 10 heteroatoms. The maximum absolute atomic E-state index is 11.1. The zero-order valence-electron chi connectivity index (χ0n) is 13.4. The van der Waals surface area contributed by atoms with E-state index >= 15 is 0 Å². The Labute approximate surface area is 152 Å². The third-order valence-corrected chi connectivity index (χ3v) is 4.60. The monoisotopic (exact) mass is 375 g/mol. The van der Waals surface area contributed by atoms with Crippen molar-refractivity contribution < 1.29 is 4.79 Å². The molecule has 25 heavy (non-hydrogen) atoms. The maximum Gasteiger partial charge on any atom is 0.279 e. The highest BCUT2D eigenvalue weighted by molar-refractivity contribution is 7.16. The van der Waals surface area contributed by atoms with E-state index < -0.39 is 11.4 Å². The van der Waals surface area contributed by atoms with E-state index in [9.17, 15) is 4.79 Å². The number of halogens is 1. The molecule has 0 spiro atoms. The van der Waals surface area contributed by atoms with Crippen molar-refractivity contribution in [3.63, 3.8) is 0 Å². The molecule has 3 heterocycles. The van der Waals surface area contributed by atoms with Crippen molar-refractivity contribution in [1.29, 1.82) is 0 Å². The number of amides is 1. The molecule has 3 aromatic rings. The molecule has 0 radical (unpaired) electrons. The number of rotatable bonds is 5. The van der Waals surface area contributed by atoms with Gasteiger partial charge in [0, 0.05) is 24.2 Å². The lowest BCUT2D eigenvalue weighted by Gasteiger charge is -2.26. The Morgan fingerprint density at radius 2 is 1.96 bits per heavy atom. The minimum atomic E-state index is -0.614. The highest BCUT2D eigenvalue weighted by Gasteiger charge is 2.25. The molecule has 3 rings (SSSR count). The molecule has 0 aliphatic heterocycles. The Hall–Kier alpha value is -2.65. The third kappa shape index (κ3) is 3.72. The quantitative estimate of drug-likeness (QED) is 0.702. The fourth-order valence-electron chi connectivity index (χ4n) is 2.13. The molecular weight excluding hydrogens is 362 g/mol. The number of carbonyl (C=O) groups excluding carboxylic acids is 1. The van der Waals surface area contributed by atoms with E-state index in [-0.39, 0.29) is 5.01 Å². The minimum Gasteiger partial charge on any atom is -0.363 e. The molecule has 0 atom stereocenters. The predicted octanol–water partition coefficient (Wildman–Crippen LogP) is 2.49. The van der Waals surface area contributed by atoms with E-state index in [1.54, 1.807) is 30.7 Å². The number of aromatic nitrogens is 5. The van der Waals surface area contributed by atoms with Crippen LogP contribution in [-0.2, 0) is 5.54 Å². The summed E-state index contributed by atoms with van der Waals surface area (Å²) in [5.41, 5.74) is 5.95. The van der Waals surface area contributed by atoms with Gasteiger partial charge in [-0.25, -0.2) is 9.97 Å². The van der Waals surface area contributed by atoms with Gasteiger partial charge >= 0.3 is 0 Å². The van der Waals surface area contributed by atoms with Crippen LogP contribution < -0.4 is 11.1 Å². The summed E-state index contributed by atoms with van der Waals surface area (Å²) in [5, 5.41) is 12.1. The number of pyridine rings is 1. The Morgan fingerprint density at radius 1 is 1.24 bits per heavy atom. The van der Waals surface area contributed by atoms with Gasteiger partial charge in [-0.15, -0.1) is 10.2 Å². The molecule has 0 aliphatic carbocycles. The Bertz CT molecular complexity index is 910. The van der Waals surface area contributed by atoms with Crippen molar-refractivity contribution in [1.82, 2.24) is 25.1 Å². The molecule has 0 unspecified atom stereocenters. The molecule has 3 N–H and O–H groups in total. The second kappa shape index (κ2) is 6.69. The van der Waals surface area contributed by atoms with E-state index in [0.29, 0.717) is 27.2 Å². The van der Waals surface area contributed by atoms with Crippen LogP contribution in [0.5, 0.6) is 0 Å². The van der Waals surface area contributed by atoms with Crippen LogP contribution in [0.2, 0.25) is 5.02 Å². The van der Waals surface area contributed by atoms with Crippen LogP contribution in [-0.4, -0.2) is 31.1 Å². The Kier molecular flexibility index (Phi) is 4.60. The maximum atomic E-state index is 11.1. The highest BCUT2D eigenvalue weighted by atomic mass is 35.5. The number of primary amides is 1. The molecule has 0 bridgehead atoms. The second-order valence-electron chi connectivity index (χ2n) is 5.66. The topological polar surface area (TPSA) is 120 Å². The molecule has 1 amide bonds. The van der Waals surface area contributed by atoms with Crippen LogP contribution in [0.1, 0.15) is 29.3 Å². The first-order valence-electron chi connectivity index (χ1n) is 7.22. The first-order valence-corrected chi connectivity index (χ1v) is 8.41. The summed E-state index contributed by atoms with van der Waals surface area (Å²) in [6.45, 7) is 3.87. The van der Waals surface area contributed by atoms with Crippen LogP contribution in [0, 0.1) is 0 Å². The van der Waals surface area contributed by atoms with Crippen molar-refractivity contribution in [2.45, 2.75) is 19.4 Å². The van der Waals surface area contributed by atoms with Gasteiger partial charge in [-0.05, 0) is 26.0 Å². The van der Waals surface area contributed by atoms with Gasteiger partial charge in [-0.3, -0.25) is 9.78 Å². The first-order chi connectivity index (χ1) is 11.9. The normalized spacial score (nSPS) is 11.3. The molecule has 0 aromatic carbocycles. The fraction of sp³-hybridized carbons (Fsp3) is 0.200. The van der Waals surface area contributed by atoms with Crippen LogP contribution >= 0.6 is 22.9 Å². The van der Waals surface area contributed by atoms with E-state index in [2.05, 4.69) is 30.5 Å². The summed E-state index contributed by atoms with van der Waals surface area (Å²) in [6, 6.07) is 3.55. The largest absolute Gasteiger partial charge is 0.363 e. The molecule has 3 aromatic heterocycles. The number of nitrogens with zero attached hydrogens (tertiary/aromatic N) is 5. The van der Waals surface area contributed by atoms with Crippen LogP contribution in [0.3, 0.4) is 0 Å². The van der Waals surface area contributed by atoms with Crippen LogP contribution in [0.15, 0.2) is 30.7 Å². The zero-order valence-corrected chi connectivity index (χ0v) is 15.0. The Morgan fingerprint density at radius 3 is 2.56 bits per heavy atom. The van der Waals surface area contributed by atoms with Crippen molar-refractivity contribution in [3.05, 3.63) is 46.4 Å². The number of nitrogens with two attached hydrogens (primary N) is 1. The zero-order chi connectivity index (χ0) is 18.0. The molecule has 128 valence electrons. The van der Waals surface area contributed by atoms with Gasteiger partial charge in [0.2, 0.25) is 11.0 Å². The second-order valence-corrected chi connectivity index (χ2v) is 7.04. The average molecular weight is 376 g/mol. The summed E-state index contributed by atoms with van der Waals surface area (Å²) in [6.07, 6.45) is 4.87. The summed E-state index contributed by atoms with van der Waals surface area (Å²) in [5.74, 6) is -0.202. The van der Waals surface area contributed by atoms with Gasteiger partial charge in [0.15, 0.2) is 5.01 Å². The Balaban J connectivity index is 1.80. The van der Waals surface area contributed by atoms with Crippen molar-refractivity contribution in [2.75, 3.05) is 5.32 Å². The fourth-order valence-corrected chi connectivity index (χ4v) is 3.15. The van der Waals surface area contributed by atoms with Crippen LogP contribution in [0.25, 0.3) is 10.6 Å². The van der Waals surface area contributed by atoms with Gasteiger partial charge in [-0.2, -0.15) is 0 Å². The molecule has 8 nitrogen and oxygen atoms in total.